The van der Waals surface area contributed by atoms with Gasteiger partial charge in [-0.05, 0) is 67.7 Å². The maximum absolute atomic E-state index is 12.0. The molecule has 0 radical (unpaired) electrons. The van der Waals surface area contributed by atoms with E-state index in [1.165, 1.54) is 0 Å². The minimum Gasteiger partial charge on any atom is -0.484 e. The van der Waals surface area contributed by atoms with Gasteiger partial charge >= 0.3 is 0 Å². The molecule has 3 aromatic carbocycles. The number of aryl methyl sites for hydroxylation is 1. The number of rotatable bonds is 6. The van der Waals surface area contributed by atoms with Gasteiger partial charge in [0.05, 0.1) is 0 Å². The molecular weight excluding hydrogens is 372 g/mol. The molecule has 0 aromatic heterocycles. The van der Waals surface area contributed by atoms with Crippen LogP contribution in [0.2, 0.25) is 0 Å². The first-order valence-corrected chi connectivity index (χ1v) is 9.12. The lowest BCUT2D eigenvalue weighted by Gasteiger charge is -2.11. The van der Waals surface area contributed by atoms with Crippen LogP contribution in [0, 0.1) is 6.92 Å². The number of anilines is 1. The summed E-state index contributed by atoms with van der Waals surface area (Å²) in [5.41, 5.74) is 1.87. The second-order valence-electron chi connectivity index (χ2n) is 6.04. The molecule has 0 aliphatic carbocycles. The molecule has 0 saturated carbocycles. The van der Waals surface area contributed by atoms with E-state index in [-0.39, 0.29) is 17.6 Å². The Labute approximate surface area is 169 Å². The lowest BCUT2D eigenvalue weighted by molar-refractivity contribution is -0.121. The number of carbonyl (C=O) groups is 1. The number of amides is 1. The minimum absolute atomic E-state index is 0.116. The molecule has 0 aliphatic rings. The number of nitrogens with one attached hydrogen (secondary N) is 2. The molecule has 0 atom stereocenters. The van der Waals surface area contributed by atoms with Gasteiger partial charge in [-0.2, -0.15) is 0 Å². The van der Waals surface area contributed by atoms with E-state index in [1.807, 2.05) is 85.8 Å². The van der Waals surface area contributed by atoms with Crippen molar-refractivity contribution in [2.24, 2.45) is 0 Å². The highest BCUT2D eigenvalue weighted by Crippen LogP contribution is 2.22. The monoisotopic (exact) mass is 392 g/mol. The van der Waals surface area contributed by atoms with Gasteiger partial charge in [-0.3, -0.25) is 10.1 Å². The van der Waals surface area contributed by atoms with Crippen molar-refractivity contribution in [3.63, 3.8) is 0 Å². The molecule has 142 valence electrons. The van der Waals surface area contributed by atoms with Gasteiger partial charge in [0.2, 0.25) is 0 Å². The number of ether oxygens (including phenoxy) is 2. The summed E-state index contributed by atoms with van der Waals surface area (Å²) in [5, 5.41) is 5.75. The van der Waals surface area contributed by atoms with E-state index in [0.717, 1.165) is 17.0 Å². The zero-order chi connectivity index (χ0) is 19.8. The van der Waals surface area contributed by atoms with E-state index in [4.69, 9.17) is 21.7 Å². The summed E-state index contributed by atoms with van der Waals surface area (Å²) < 4.78 is 11.2. The number of carbonyl (C=O) groups excluding carboxylic acids is 1. The lowest BCUT2D eigenvalue weighted by Crippen LogP contribution is -2.37. The van der Waals surface area contributed by atoms with Crippen molar-refractivity contribution >= 4 is 28.9 Å². The molecule has 0 fully saturated rings. The maximum Gasteiger partial charge on any atom is 0.264 e. The molecule has 5 nitrogen and oxygen atoms in total. The Bertz CT molecular complexity index is 926. The summed E-state index contributed by atoms with van der Waals surface area (Å²) in [6.07, 6.45) is 0. The Morgan fingerprint density at radius 1 is 0.857 bits per heavy atom. The molecule has 3 aromatic rings. The minimum atomic E-state index is -0.331. The largest absolute Gasteiger partial charge is 0.484 e. The summed E-state index contributed by atoms with van der Waals surface area (Å²) in [5.74, 6) is 1.77. The van der Waals surface area contributed by atoms with Gasteiger partial charge in [0.25, 0.3) is 5.91 Å². The van der Waals surface area contributed by atoms with E-state index >= 15 is 0 Å². The highest BCUT2D eigenvalue weighted by molar-refractivity contribution is 7.80. The molecular formula is C22H20N2O3S. The van der Waals surface area contributed by atoms with Crippen LogP contribution in [-0.2, 0) is 4.79 Å². The zero-order valence-corrected chi connectivity index (χ0v) is 16.2. The lowest BCUT2D eigenvalue weighted by atomic mass is 10.2. The molecule has 28 heavy (non-hydrogen) atoms. The second-order valence-corrected chi connectivity index (χ2v) is 6.45. The van der Waals surface area contributed by atoms with Crippen LogP contribution in [0.15, 0.2) is 78.9 Å². The van der Waals surface area contributed by atoms with E-state index in [2.05, 4.69) is 10.6 Å². The van der Waals surface area contributed by atoms with E-state index in [1.54, 1.807) is 0 Å². The first-order chi connectivity index (χ1) is 13.6. The van der Waals surface area contributed by atoms with Crippen molar-refractivity contribution in [2.45, 2.75) is 6.92 Å². The SMILES string of the molecule is Cc1ccc(OCC(=O)NC(=S)Nc2ccc(Oc3ccccc3)cc2)cc1. The van der Waals surface area contributed by atoms with Crippen molar-refractivity contribution in [2.75, 3.05) is 11.9 Å². The van der Waals surface area contributed by atoms with Crippen LogP contribution >= 0.6 is 12.2 Å². The van der Waals surface area contributed by atoms with Crippen molar-refractivity contribution in [1.82, 2.24) is 5.32 Å². The van der Waals surface area contributed by atoms with Crippen molar-refractivity contribution < 1.29 is 14.3 Å². The van der Waals surface area contributed by atoms with Crippen LogP contribution in [0.3, 0.4) is 0 Å². The van der Waals surface area contributed by atoms with Crippen LogP contribution < -0.4 is 20.1 Å². The average Bonchev–Trinajstić information content (AvgIpc) is 2.70. The van der Waals surface area contributed by atoms with Crippen LogP contribution in [0.1, 0.15) is 5.56 Å². The number of benzene rings is 3. The third kappa shape index (κ3) is 6.10. The van der Waals surface area contributed by atoms with Gasteiger partial charge in [-0.25, -0.2) is 0 Å². The highest BCUT2D eigenvalue weighted by atomic mass is 32.1. The highest BCUT2D eigenvalue weighted by Gasteiger charge is 2.06. The Morgan fingerprint density at radius 2 is 1.46 bits per heavy atom. The van der Waals surface area contributed by atoms with Gasteiger partial charge in [-0.1, -0.05) is 35.9 Å². The third-order valence-electron chi connectivity index (χ3n) is 3.73. The first-order valence-electron chi connectivity index (χ1n) is 8.72. The number of para-hydroxylation sites is 1. The second kappa shape index (κ2) is 9.53. The van der Waals surface area contributed by atoms with E-state index in [0.29, 0.717) is 11.5 Å². The van der Waals surface area contributed by atoms with Crippen LogP contribution in [-0.4, -0.2) is 17.6 Å². The van der Waals surface area contributed by atoms with E-state index in [9.17, 15) is 4.79 Å². The van der Waals surface area contributed by atoms with Gasteiger partial charge in [0, 0.05) is 5.69 Å². The van der Waals surface area contributed by atoms with Gasteiger partial charge in [-0.15, -0.1) is 0 Å². The maximum atomic E-state index is 12.0. The first kappa shape index (κ1) is 19.4. The Balaban J connectivity index is 1.44. The van der Waals surface area contributed by atoms with Crippen molar-refractivity contribution in [3.05, 3.63) is 84.4 Å². The molecule has 0 heterocycles. The van der Waals surface area contributed by atoms with Gasteiger partial charge < -0.3 is 14.8 Å². The smallest absolute Gasteiger partial charge is 0.264 e. The number of thiocarbonyl (C=S) groups is 1. The standard InChI is InChI=1S/C22H20N2O3S/c1-16-7-11-18(12-8-16)26-15-21(25)24-22(28)23-17-9-13-20(14-10-17)27-19-5-3-2-4-6-19/h2-14H,15H2,1H3,(H2,23,24,25,28). The molecule has 0 spiro atoms. The Morgan fingerprint density at radius 3 is 2.14 bits per heavy atom. The number of hydrogen-bond acceptors (Lipinski definition) is 4. The predicted octanol–water partition coefficient (Wildman–Crippen LogP) is 4.68. The van der Waals surface area contributed by atoms with Crippen LogP contribution in [0.5, 0.6) is 17.2 Å². The van der Waals surface area contributed by atoms with Crippen LogP contribution in [0.4, 0.5) is 5.69 Å². The number of hydrogen-bond donors (Lipinski definition) is 2. The zero-order valence-electron chi connectivity index (χ0n) is 15.3. The van der Waals surface area contributed by atoms with Gasteiger partial charge in [0.1, 0.15) is 17.2 Å². The summed E-state index contributed by atoms with van der Waals surface area (Å²) >= 11 is 5.17. The van der Waals surface area contributed by atoms with Crippen molar-refractivity contribution in [3.8, 4) is 17.2 Å². The fourth-order valence-corrected chi connectivity index (χ4v) is 2.57. The van der Waals surface area contributed by atoms with Crippen LogP contribution in [0.25, 0.3) is 0 Å². The van der Waals surface area contributed by atoms with Crippen molar-refractivity contribution in [1.29, 1.82) is 0 Å². The summed E-state index contributed by atoms with van der Waals surface area (Å²) in [6, 6.07) is 24.3. The summed E-state index contributed by atoms with van der Waals surface area (Å²) in [7, 11) is 0. The quantitative estimate of drug-likeness (QED) is 0.597. The van der Waals surface area contributed by atoms with Gasteiger partial charge in [0.15, 0.2) is 11.7 Å². The molecule has 0 saturated heterocycles. The predicted molar refractivity (Wildman–Crippen MR) is 114 cm³/mol. The fraction of sp³-hybridized carbons (Fsp3) is 0.0909. The van der Waals surface area contributed by atoms with E-state index < -0.39 is 0 Å². The molecule has 1 amide bonds. The molecule has 0 unspecified atom stereocenters. The molecule has 0 aliphatic heterocycles. The fourth-order valence-electron chi connectivity index (χ4n) is 2.34. The average molecular weight is 392 g/mol. The summed E-state index contributed by atoms with van der Waals surface area (Å²) in [6.45, 7) is 1.87. The molecule has 6 heteroatoms. The molecule has 2 N–H and O–H groups in total. The Hall–Kier alpha value is -3.38. The molecule has 0 bridgehead atoms. The topological polar surface area (TPSA) is 59.6 Å². The molecule has 3 rings (SSSR count). The third-order valence-corrected chi connectivity index (χ3v) is 3.94. The summed E-state index contributed by atoms with van der Waals surface area (Å²) in [4.78, 5) is 12.0. The normalized spacial score (nSPS) is 10.0. The Kier molecular flexibility index (Phi) is 6.59.